The van der Waals surface area contributed by atoms with Gasteiger partial charge >= 0.3 is 0 Å². The summed E-state index contributed by atoms with van der Waals surface area (Å²) in [5.74, 6) is 1.61. The molecule has 0 atom stereocenters. The van der Waals surface area contributed by atoms with Crippen molar-refractivity contribution in [3.8, 4) is 0 Å². The van der Waals surface area contributed by atoms with E-state index in [4.69, 9.17) is 0 Å². The molecule has 0 N–H and O–H groups in total. The van der Waals surface area contributed by atoms with Crippen LogP contribution in [0.2, 0.25) is 0 Å². The van der Waals surface area contributed by atoms with Gasteiger partial charge in [-0.15, -0.1) is 0 Å². The first-order valence-electron chi connectivity index (χ1n) is 5.28. The maximum absolute atomic E-state index is 12.0. The highest BCUT2D eigenvalue weighted by Gasteiger charge is 2.16. The van der Waals surface area contributed by atoms with Crippen LogP contribution < -0.4 is 0 Å². The lowest BCUT2D eigenvalue weighted by Crippen LogP contribution is -2.09. The average molecular weight is 226 g/mol. The Bertz CT molecular complexity index is 550. The monoisotopic (exact) mass is 226 g/mol. The van der Waals surface area contributed by atoms with Crippen molar-refractivity contribution >= 4 is 17.5 Å². The Morgan fingerprint density at radius 1 is 1.12 bits per heavy atom. The van der Waals surface area contributed by atoms with Gasteiger partial charge in [0, 0.05) is 29.6 Å². The Morgan fingerprint density at radius 3 is 2.59 bits per heavy atom. The molecule has 0 aromatic rings. The Hall–Kier alpha value is -2.25. The van der Waals surface area contributed by atoms with E-state index in [0.29, 0.717) is 23.1 Å². The van der Waals surface area contributed by atoms with E-state index >= 15 is 0 Å². The van der Waals surface area contributed by atoms with Crippen LogP contribution in [0.5, 0.6) is 0 Å². The predicted molar refractivity (Wildman–Crippen MR) is 62.9 cm³/mol. The molecule has 0 aromatic carbocycles. The number of allylic oxidation sites excluding steroid dienone is 9. The third kappa shape index (κ3) is 2.47. The van der Waals surface area contributed by atoms with Crippen LogP contribution in [0.4, 0.5) is 0 Å². The van der Waals surface area contributed by atoms with E-state index in [1.807, 2.05) is 0 Å². The summed E-state index contributed by atoms with van der Waals surface area (Å²) in [4.78, 5) is 33.5. The van der Waals surface area contributed by atoms with Gasteiger partial charge in [-0.1, -0.05) is 18.2 Å². The standard InChI is InChI=1S/C14H10O3/c15-9-10-2-1-3-12(8-10)14(17)11-4-6-13(16)7-5-11/h1,3-6,8H,2,7H2. The molecular weight excluding hydrogens is 216 g/mol. The summed E-state index contributed by atoms with van der Waals surface area (Å²) in [5.41, 5.74) is 1.42. The van der Waals surface area contributed by atoms with Crippen molar-refractivity contribution in [3.05, 3.63) is 53.2 Å². The van der Waals surface area contributed by atoms with Crippen molar-refractivity contribution in [2.75, 3.05) is 0 Å². The van der Waals surface area contributed by atoms with Crippen LogP contribution in [0.3, 0.4) is 0 Å². The Morgan fingerprint density at radius 2 is 1.94 bits per heavy atom. The summed E-state index contributed by atoms with van der Waals surface area (Å²) in [6.07, 6.45) is 10.3. The van der Waals surface area contributed by atoms with Crippen LogP contribution in [-0.4, -0.2) is 17.5 Å². The van der Waals surface area contributed by atoms with Gasteiger partial charge in [-0.05, 0) is 18.2 Å². The third-order valence-electron chi connectivity index (χ3n) is 2.59. The summed E-state index contributed by atoms with van der Waals surface area (Å²) in [7, 11) is 0. The van der Waals surface area contributed by atoms with Gasteiger partial charge in [0.15, 0.2) is 11.6 Å². The highest BCUT2D eigenvalue weighted by atomic mass is 16.1. The minimum Gasteiger partial charge on any atom is -0.295 e. The molecule has 2 aliphatic carbocycles. The van der Waals surface area contributed by atoms with Gasteiger partial charge in [-0.3, -0.25) is 9.59 Å². The molecule has 3 nitrogen and oxygen atoms in total. The molecule has 0 saturated carbocycles. The second kappa shape index (κ2) is 4.73. The first-order chi connectivity index (χ1) is 8.20. The molecule has 0 fully saturated rings. The van der Waals surface area contributed by atoms with Crippen molar-refractivity contribution in [1.82, 2.24) is 0 Å². The second-order valence-electron chi connectivity index (χ2n) is 3.83. The molecule has 0 aromatic heterocycles. The topological polar surface area (TPSA) is 51.2 Å². The molecule has 0 amide bonds. The zero-order valence-electron chi connectivity index (χ0n) is 9.10. The number of hydrogen-bond acceptors (Lipinski definition) is 3. The number of ketones is 2. The first kappa shape index (κ1) is 11.2. The summed E-state index contributed by atoms with van der Waals surface area (Å²) in [6.45, 7) is 0. The lowest BCUT2D eigenvalue weighted by atomic mass is 9.93. The third-order valence-corrected chi connectivity index (χ3v) is 2.59. The summed E-state index contributed by atoms with van der Waals surface area (Å²) in [5, 5.41) is 0. The fourth-order valence-electron chi connectivity index (χ4n) is 1.68. The molecule has 2 rings (SSSR count). The van der Waals surface area contributed by atoms with E-state index in [0.717, 1.165) is 0 Å². The Labute approximate surface area is 98.5 Å². The van der Waals surface area contributed by atoms with E-state index in [1.165, 1.54) is 12.2 Å². The SMILES string of the molecule is O=C=C1C=C(C(=O)C2=CCC(=O)C=C2)C=CC1. The maximum Gasteiger partial charge on any atom is 0.192 e. The fraction of sp³-hybridized carbons (Fsp3) is 0.143. The number of Topliss-reactive ketones (excluding diaryl/α,β-unsaturated/α-hetero) is 1. The van der Waals surface area contributed by atoms with Crippen molar-refractivity contribution in [3.63, 3.8) is 0 Å². The summed E-state index contributed by atoms with van der Waals surface area (Å²) < 4.78 is 0. The molecule has 0 aliphatic heterocycles. The molecule has 84 valence electrons. The summed E-state index contributed by atoms with van der Waals surface area (Å²) >= 11 is 0. The predicted octanol–water partition coefficient (Wildman–Crippen LogP) is 1.66. The number of hydrogen-bond donors (Lipinski definition) is 0. The van der Waals surface area contributed by atoms with Crippen LogP contribution in [-0.2, 0) is 14.4 Å². The van der Waals surface area contributed by atoms with Crippen LogP contribution in [0.1, 0.15) is 12.8 Å². The minimum absolute atomic E-state index is 0.0109. The zero-order chi connectivity index (χ0) is 12.3. The quantitative estimate of drug-likeness (QED) is 0.673. The van der Waals surface area contributed by atoms with Crippen LogP contribution in [0.25, 0.3) is 0 Å². The fourth-order valence-corrected chi connectivity index (χ4v) is 1.68. The van der Waals surface area contributed by atoms with Crippen molar-refractivity contribution in [2.45, 2.75) is 12.8 Å². The molecule has 0 unspecified atom stereocenters. The van der Waals surface area contributed by atoms with E-state index in [-0.39, 0.29) is 18.0 Å². The molecule has 0 radical (unpaired) electrons. The van der Waals surface area contributed by atoms with Crippen LogP contribution in [0, 0.1) is 0 Å². The average Bonchev–Trinajstić information content (AvgIpc) is 2.39. The minimum atomic E-state index is -0.169. The molecular formula is C14H10O3. The van der Waals surface area contributed by atoms with Gasteiger partial charge in [-0.25, -0.2) is 4.79 Å². The smallest absolute Gasteiger partial charge is 0.192 e. The maximum atomic E-state index is 12.0. The van der Waals surface area contributed by atoms with E-state index in [2.05, 4.69) is 0 Å². The largest absolute Gasteiger partial charge is 0.295 e. The molecule has 0 bridgehead atoms. The Balaban J connectivity index is 2.25. The molecule has 0 spiro atoms. The first-order valence-corrected chi connectivity index (χ1v) is 5.28. The van der Waals surface area contributed by atoms with Crippen LogP contribution >= 0.6 is 0 Å². The van der Waals surface area contributed by atoms with Gasteiger partial charge in [0.2, 0.25) is 0 Å². The molecule has 3 heteroatoms. The number of carbonyl (C=O) groups is 2. The zero-order valence-corrected chi connectivity index (χ0v) is 9.10. The van der Waals surface area contributed by atoms with Crippen molar-refractivity contribution in [1.29, 1.82) is 0 Å². The van der Waals surface area contributed by atoms with E-state index < -0.39 is 0 Å². The highest BCUT2D eigenvalue weighted by molar-refractivity contribution is 6.14. The van der Waals surface area contributed by atoms with Gasteiger partial charge in [0.25, 0.3) is 0 Å². The van der Waals surface area contributed by atoms with Crippen molar-refractivity contribution in [2.24, 2.45) is 0 Å². The van der Waals surface area contributed by atoms with Gasteiger partial charge in [0.1, 0.15) is 5.94 Å². The lowest BCUT2D eigenvalue weighted by Gasteiger charge is -2.09. The van der Waals surface area contributed by atoms with Crippen LogP contribution in [0.15, 0.2) is 53.2 Å². The summed E-state index contributed by atoms with van der Waals surface area (Å²) in [6, 6.07) is 0. The van der Waals surface area contributed by atoms with E-state index in [9.17, 15) is 14.4 Å². The van der Waals surface area contributed by atoms with E-state index in [1.54, 1.807) is 30.2 Å². The second-order valence-corrected chi connectivity index (χ2v) is 3.83. The highest BCUT2D eigenvalue weighted by Crippen LogP contribution is 2.19. The molecule has 2 aliphatic rings. The van der Waals surface area contributed by atoms with Gasteiger partial charge in [-0.2, -0.15) is 0 Å². The lowest BCUT2D eigenvalue weighted by molar-refractivity contribution is -0.113. The number of rotatable bonds is 2. The molecule has 0 saturated heterocycles. The normalized spacial score (nSPS) is 18.6. The number of carbonyl (C=O) groups excluding carboxylic acids is 3. The van der Waals surface area contributed by atoms with Gasteiger partial charge < -0.3 is 0 Å². The molecule has 17 heavy (non-hydrogen) atoms. The van der Waals surface area contributed by atoms with Crippen molar-refractivity contribution < 1.29 is 14.4 Å². The molecule has 0 heterocycles. The Kier molecular flexibility index (Phi) is 3.12. The van der Waals surface area contributed by atoms with Gasteiger partial charge in [0.05, 0.1) is 0 Å².